The van der Waals surface area contributed by atoms with E-state index < -0.39 is 12.0 Å². The van der Waals surface area contributed by atoms with Gasteiger partial charge in [0.1, 0.15) is 19.3 Å². The van der Waals surface area contributed by atoms with Crippen LogP contribution in [0.1, 0.15) is 11.1 Å². The van der Waals surface area contributed by atoms with Crippen LogP contribution >= 0.6 is 15.9 Å². The Bertz CT molecular complexity index is 720. The maximum Gasteiger partial charge on any atom is 0.321 e. The third kappa shape index (κ3) is 4.07. The van der Waals surface area contributed by atoms with Crippen molar-refractivity contribution in [3.8, 4) is 11.5 Å². The van der Waals surface area contributed by atoms with E-state index in [0.717, 1.165) is 15.6 Å². The van der Waals surface area contributed by atoms with Crippen LogP contribution in [0.4, 0.5) is 0 Å². The van der Waals surface area contributed by atoms with Crippen molar-refractivity contribution in [3.05, 3.63) is 58.1 Å². The highest BCUT2D eigenvalue weighted by molar-refractivity contribution is 9.10. The van der Waals surface area contributed by atoms with Crippen LogP contribution in [0.5, 0.6) is 11.5 Å². The van der Waals surface area contributed by atoms with Gasteiger partial charge in [-0.25, -0.2) is 0 Å². The van der Waals surface area contributed by atoms with Gasteiger partial charge < -0.3 is 19.9 Å². The quantitative estimate of drug-likeness (QED) is 0.791. The number of carbonyl (C=O) groups is 1. The van der Waals surface area contributed by atoms with Crippen molar-refractivity contribution in [1.29, 1.82) is 0 Å². The van der Waals surface area contributed by atoms with Gasteiger partial charge in [0.2, 0.25) is 0 Å². The molecule has 1 aliphatic rings. The lowest BCUT2D eigenvalue weighted by Crippen LogP contribution is -2.38. The van der Waals surface area contributed by atoms with Crippen molar-refractivity contribution in [2.75, 3.05) is 13.2 Å². The number of benzene rings is 2. The predicted molar refractivity (Wildman–Crippen MR) is 93.5 cm³/mol. The molecule has 2 N–H and O–H groups in total. The first-order valence-corrected chi connectivity index (χ1v) is 8.51. The van der Waals surface area contributed by atoms with Crippen LogP contribution in [-0.2, 0) is 17.8 Å². The Hall–Kier alpha value is -2.05. The first-order chi connectivity index (χ1) is 11.6. The summed E-state index contributed by atoms with van der Waals surface area (Å²) in [6.45, 7) is 1.47. The van der Waals surface area contributed by atoms with Gasteiger partial charge >= 0.3 is 5.97 Å². The zero-order valence-electron chi connectivity index (χ0n) is 13.0. The summed E-state index contributed by atoms with van der Waals surface area (Å²) in [6, 6.07) is 12.7. The molecule has 1 aliphatic heterocycles. The summed E-state index contributed by atoms with van der Waals surface area (Å²) >= 11 is 3.47. The fourth-order valence-electron chi connectivity index (χ4n) is 2.60. The second-order valence-corrected chi connectivity index (χ2v) is 6.42. The minimum atomic E-state index is -0.865. The number of hydrogen-bond acceptors (Lipinski definition) is 4. The molecule has 24 heavy (non-hydrogen) atoms. The second-order valence-electron chi connectivity index (χ2n) is 5.56. The minimum Gasteiger partial charge on any atom is -0.486 e. The third-order valence-electron chi connectivity index (χ3n) is 3.79. The molecule has 0 unspecified atom stereocenters. The summed E-state index contributed by atoms with van der Waals surface area (Å²) in [6.07, 6.45) is 0.432. The van der Waals surface area contributed by atoms with Crippen LogP contribution in [0.15, 0.2) is 46.9 Å². The number of ether oxygens (including phenoxy) is 2. The SMILES string of the molecule is O=C(O)[C@H](Cc1ccccc1)NCc1cc(Br)c2c(c1)OCCO2. The first kappa shape index (κ1) is 16.8. The maximum absolute atomic E-state index is 11.5. The largest absolute Gasteiger partial charge is 0.486 e. The van der Waals surface area contributed by atoms with E-state index in [4.69, 9.17) is 9.47 Å². The molecule has 0 bridgehead atoms. The van der Waals surface area contributed by atoms with Crippen molar-refractivity contribution in [3.63, 3.8) is 0 Å². The summed E-state index contributed by atoms with van der Waals surface area (Å²) in [5.41, 5.74) is 1.92. The van der Waals surface area contributed by atoms with E-state index in [9.17, 15) is 9.90 Å². The van der Waals surface area contributed by atoms with Crippen molar-refractivity contribution < 1.29 is 19.4 Å². The second kappa shape index (κ2) is 7.68. The number of fused-ring (bicyclic) bond motifs is 1. The number of halogens is 1. The molecule has 2 aromatic carbocycles. The Morgan fingerprint density at radius 2 is 1.92 bits per heavy atom. The number of rotatable bonds is 6. The Morgan fingerprint density at radius 1 is 1.17 bits per heavy atom. The van der Waals surface area contributed by atoms with E-state index in [-0.39, 0.29) is 0 Å². The van der Waals surface area contributed by atoms with E-state index in [1.54, 1.807) is 0 Å². The number of carboxylic acids is 1. The summed E-state index contributed by atoms with van der Waals surface area (Å²) in [5.74, 6) is 0.516. The van der Waals surface area contributed by atoms with Gasteiger partial charge in [-0.05, 0) is 45.6 Å². The normalized spacial score (nSPS) is 14.2. The van der Waals surface area contributed by atoms with Crippen LogP contribution in [0.25, 0.3) is 0 Å². The molecule has 0 radical (unpaired) electrons. The van der Waals surface area contributed by atoms with Crippen LogP contribution in [0, 0.1) is 0 Å². The molecule has 126 valence electrons. The van der Waals surface area contributed by atoms with E-state index in [0.29, 0.717) is 37.7 Å². The van der Waals surface area contributed by atoms with Crippen LogP contribution < -0.4 is 14.8 Å². The lowest BCUT2D eigenvalue weighted by molar-refractivity contribution is -0.139. The van der Waals surface area contributed by atoms with Crippen LogP contribution in [-0.4, -0.2) is 30.3 Å². The van der Waals surface area contributed by atoms with Gasteiger partial charge in [-0.1, -0.05) is 30.3 Å². The summed E-state index contributed by atoms with van der Waals surface area (Å²) in [5, 5.41) is 12.5. The summed E-state index contributed by atoms with van der Waals surface area (Å²) < 4.78 is 12.0. The van der Waals surface area contributed by atoms with Crippen molar-refractivity contribution >= 4 is 21.9 Å². The predicted octanol–water partition coefficient (Wildman–Crippen LogP) is 3.01. The van der Waals surface area contributed by atoms with E-state index in [2.05, 4.69) is 21.2 Å². The molecular formula is C18H18BrNO4. The fourth-order valence-corrected chi connectivity index (χ4v) is 3.21. The smallest absolute Gasteiger partial charge is 0.321 e. The molecule has 0 aliphatic carbocycles. The zero-order chi connectivity index (χ0) is 16.9. The number of aliphatic carboxylic acids is 1. The van der Waals surface area contributed by atoms with Gasteiger partial charge in [0, 0.05) is 6.54 Å². The van der Waals surface area contributed by atoms with Gasteiger partial charge in [0.05, 0.1) is 4.47 Å². The highest BCUT2D eigenvalue weighted by atomic mass is 79.9. The molecule has 2 aromatic rings. The molecule has 1 atom stereocenters. The number of nitrogens with one attached hydrogen (secondary N) is 1. The Kier molecular flexibility index (Phi) is 5.37. The van der Waals surface area contributed by atoms with Crippen molar-refractivity contribution in [2.24, 2.45) is 0 Å². The highest BCUT2D eigenvalue weighted by Gasteiger charge is 2.19. The van der Waals surface area contributed by atoms with Crippen molar-refractivity contribution in [1.82, 2.24) is 5.32 Å². The average Bonchev–Trinajstić information content (AvgIpc) is 2.59. The van der Waals surface area contributed by atoms with Gasteiger partial charge in [-0.2, -0.15) is 0 Å². The van der Waals surface area contributed by atoms with Gasteiger partial charge in [-0.15, -0.1) is 0 Å². The lowest BCUT2D eigenvalue weighted by Gasteiger charge is -2.21. The van der Waals surface area contributed by atoms with Crippen LogP contribution in [0.3, 0.4) is 0 Å². The van der Waals surface area contributed by atoms with Gasteiger partial charge in [0.15, 0.2) is 11.5 Å². The van der Waals surface area contributed by atoms with E-state index in [1.807, 2.05) is 42.5 Å². The first-order valence-electron chi connectivity index (χ1n) is 7.71. The molecule has 1 heterocycles. The number of carboxylic acid groups (broad SMARTS) is 1. The molecule has 0 saturated heterocycles. The molecule has 0 spiro atoms. The van der Waals surface area contributed by atoms with E-state index >= 15 is 0 Å². The average molecular weight is 392 g/mol. The summed E-state index contributed by atoms with van der Waals surface area (Å²) in [7, 11) is 0. The molecule has 5 nitrogen and oxygen atoms in total. The zero-order valence-corrected chi connectivity index (χ0v) is 14.6. The highest BCUT2D eigenvalue weighted by Crippen LogP contribution is 2.38. The number of hydrogen-bond donors (Lipinski definition) is 2. The minimum absolute atomic E-state index is 0.430. The molecule has 0 fully saturated rings. The molecule has 3 rings (SSSR count). The summed E-state index contributed by atoms with van der Waals surface area (Å²) in [4.78, 5) is 11.5. The fraction of sp³-hybridized carbons (Fsp3) is 0.278. The van der Waals surface area contributed by atoms with Gasteiger partial charge in [-0.3, -0.25) is 4.79 Å². The molecule has 0 saturated carbocycles. The van der Waals surface area contributed by atoms with Crippen molar-refractivity contribution in [2.45, 2.75) is 19.0 Å². The van der Waals surface area contributed by atoms with Crippen LogP contribution in [0.2, 0.25) is 0 Å². The maximum atomic E-state index is 11.5. The topological polar surface area (TPSA) is 67.8 Å². The Morgan fingerprint density at radius 3 is 2.67 bits per heavy atom. The molecule has 0 aromatic heterocycles. The Balaban J connectivity index is 1.68. The van der Waals surface area contributed by atoms with Gasteiger partial charge in [0.25, 0.3) is 0 Å². The molecule has 6 heteroatoms. The lowest BCUT2D eigenvalue weighted by atomic mass is 10.1. The Labute approximate surface area is 148 Å². The molecular weight excluding hydrogens is 374 g/mol. The van der Waals surface area contributed by atoms with E-state index in [1.165, 1.54) is 0 Å². The molecule has 0 amide bonds. The monoisotopic (exact) mass is 391 g/mol. The third-order valence-corrected chi connectivity index (χ3v) is 4.38. The standard InChI is InChI=1S/C18H18BrNO4/c19-14-8-13(10-16-17(14)24-7-6-23-16)11-20-15(18(21)22)9-12-4-2-1-3-5-12/h1-5,8,10,15,20H,6-7,9,11H2,(H,21,22)/t15-/m0/s1.